The van der Waals surface area contributed by atoms with Gasteiger partial charge in [0.1, 0.15) is 5.75 Å². The molecule has 23 heavy (non-hydrogen) atoms. The maximum Gasteiger partial charge on any atom is 0.256 e. The molecule has 2 N–H and O–H groups in total. The smallest absolute Gasteiger partial charge is 0.256 e. The van der Waals surface area contributed by atoms with Crippen LogP contribution in [0.2, 0.25) is 0 Å². The molecule has 8 nitrogen and oxygen atoms in total. The number of likely N-dealkylation sites (N-methyl/N-ethyl adjacent to an activating group) is 1. The lowest BCUT2D eigenvalue weighted by atomic mass is 10.2. The molecule has 1 aromatic heterocycles. The predicted molar refractivity (Wildman–Crippen MR) is 86.3 cm³/mol. The Bertz CT molecular complexity index is 644. The Kier molecular flexibility index (Phi) is 6.19. The minimum atomic E-state index is -0.180. The van der Waals surface area contributed by atoms with Crippen molar-refractivity contribution in [2.24, 2.45) is 5.16 Å². The molecule has 0 spiro atoms. The second-order valence-corrected chi connectivity index (χ2v) is 5.21. The average Bonchev–Trinajstić information content (AvgIpc) is 3.03. The van der Waals surface area contributed by atoms with Crippen molar-refractivity contribution in [2.45, 2.75) is 6.54 Å². The van der Waals surface area contributed by atoms with Crippen molar-refractivity contribution < 1.29 is 14.5 Å². The fraction of sp³-hybridized carbons (Fsp3) is 0.357. The number of nitrogens with one attached hydrogen (secondary N) is 1. The number of ether oxygens (including phenoxy) is 1. The van der Waals surface area contributed by atoms with Crippen molar-refractivity contribution in [2.75, 3.05) is 32.6 Å². The van der Waals surface area contributed by atoms with Gasteiger partial charge in [0.25, 0.3) is 5.88 Å². The lowest BCUT2D eigenvalue weighted by Gasteiger charge is -2.17. The number of hydrogen-bond donors (Lipinski definition) is 2. The molecule has 0 radical (unpaired) electrons. The van der Waals surface area contributed by atoms with Gasteiger partial charge in [-0.15, -0.1) is 5.10 Å². The van der Waals surface area contributed by atoms with E-state index in [0.29, 0.717) is 6.54 Å². The van der Waals surface area contributed by atoms with E-state index in [1.807, 2.05) is 31.3 Å². The van der Waals surface area contributed by atoms with Gasteiger partial charge < -0.3 is 24.7 Å². The molecule has 0 aliphatic rings. The first-order chi connectivity index (χ1) is 11.1. The Morgan fingerprint density at radius 1 is 1.43 bits per heavy atom. The molecule has 0 bridgehead atoms. The Morgan fingerprint density at radius 2 is 2.17 bits per heavy atom. The van der Waals surface area contributed by atoms with E-state index in [1.54, 1.807) is 7.11 Å². The standard InChI is InChI=1S/C14H18ClN5O3/c1-20(9-10-3-5-11(22-2)6-4-10)8-7-16-14-12(13(15)18-21)17-19-23-14/h3-6,16,21H,7-9H2,1-2H3. The Morgan fingerprint density at radius 3 is 2.83 bits per heavy atom. The zero-order valence-corrected chi connectivity index (χ0v) is 13.6. The van der Waals surface area contributed by atoms with Crippen LogP contribution in [0.1, 0.15) is 11.3 Å². The van der Waals surface area contributed by atoms with Crippen LogP contribution >= 0.6 is 11.6 Å². The molecule has 0 amide bonds. The molecule has 0 fully saturated rings. The first-order valence-corrected chi connectivity index (χ1v) is 7.27. The lowest BCUT2D eigenvalue weighted by Crippen LogP contribution is -2.25. The van der Waals surface area contributed by atoms with Gasteiger partial charge >= 0.3 is 0 Å². The van der Waals surface area contributed by atoms with E-state index in [-0.39, 0.29) is 16.7 Å². The maximum atomic E-state index is 8.65. The second kappa shape index (κ2) is 8.35. The minimum absolute atomic E-state index is 0.173. The number of rotatable bonds is 8. The molecule has 0 saturated heterocycles. The van der Waals surface area contributed by atoms with Crippen LogP contribution in [-0.2, 0) is 6.54 Å². The molecule has 0 aliphatic heterocycles. The van der Waals surface area contributed by atoms with E-state index in [1.165, 1.54) is 5.56 Å². The summed E-state index contributed by atoms with van der Waals surface area (Å²) in [4.78, 5) is 2.14. The molecular formula is C14H18ClN5O3. The molecule has 0 aliphatic carbocycles. The zero-order chi connectivity index (χ0) is 16.7. The van der Waals surface area contributed by atoms with Crippen molar-refractivity contribution in [3.63, 3.8) is 0 Å². The summed E-state index contributed by atoms with van der Waals surface area (Å²) >= 11 is 5.69. The summed E-state index contributed by atoms with van der Waals surface area (Å²) in [7, 11) is 3.65. The largest absolute Gasteiger partial charge is 0.497 e. The number of anilines is 1. The van der Waals surface area contributed by atoms with E-state index in [4.69, 9.17) is 26.1 Å². The van der Waals surface area contributed by atoms with Crippen LogP contribution in [0, 0.1) is 0 Å². The van der Waals surface area contributed by atoms with Gasteiger partial charge in [0.05, 0.1) is 7.11 Å². The van der Waals surface area contributed by atoms with Crippen molar-refractivity contribution in [3.05, 3.63) is 35.5 Å². The number of halogens is 1. The third kappa shape index (κ3) is 4.83. The van der Waals surface area contributed by atoms with Crippen molar-refractivity contribution in [1.29, 1.82) is 0 Å². The van der Waals surface area contributed by atoms with Gasteiger partial charge in [-0.1, -0.05) is 28.9 Å². The maximum absolute atomic E-state index is 8.65. The topological polar surface area (TPSA) is 96.0 Å². The molecule has 0 atom stereocenters. The molecule has 0 unspecified atom stereocenters. The highest BCUT2D eigenvalue weighted by molar-refractivity contribution is 6.69. The summed E-state index contributed by atoms with van der Waals surface area (Å²) in [5, 5.41) is 21.4. The van der Waals surface area contributed by atoms with E-state index >= 15 is 0 Å². The number of methoxy groups -OCH3 is 1. The fourth-order valence-corrected chi connectivity index (χ4v) is 2.09. The van der Waals surface area contributed by atoms with Crippen LogP contribution in [-0.4, -0.2) is 52.9 Å². The van der Waals surface area contributed by atoms with Gasteiger partial charge in [0.15, 0.2) is 5.69 Å². The number of aromatic nitrogens is 2. The van der Waals surface area contributed by atoms with Crippen LogP contribution < -0.4 is 10.1 Å². The van der Waals surface area contributed by atoms with Gasteiger partial charge in [0.2, 0.25) is 5.17 Å². The molecule has 2 aromatic rings. The van der Waals surface area contributed by atoms with E-state index in [2.05, 4.69) is 25.7 Å². The van der Waals surface area contributed by atoms with Crippen LogP contribution in [0.3, 0.4) is 0 Å². The van der Waals surface area contributed by atoms with Gasteiger partial charge in [-0.2, -0.15) is 0 Å². The quantitative estimate of drug-likeness (QED) is 0.431. The van der Waals surface area contributed by atoms with Crippen LogP contribution in [0.4, 0.5) is 5.88 Å². The van der Waals surface area contributed by atoms with Crippen LogP contribution in [0.5, 0.6) is 5.75 Å². The first-order valence-electron chi connectivity index (χ1n) is 6.89. The Hall–Kier alpha value is -2.32. The summed E-state index contributed by atoms with van der Waals surface area (Å²) in [6.07, 6.45) is 0. The molecule has 1 heterocycles. The number of oxime groups is 1. The minimum Gasteiger partial charge on any atom is -0.497 e. The van der Waals surface area contributed by atoms with Gasteiger partial charge in [-0.3, -0.25) is 0 Å². The molecular weight excluding hydrogens is 322 g/mol. The van der Waals surface area contributed by atoms with E-state index in [9.17, 15) is 0 Å². The highest BCUT2D eigenvalue weighted by Crippen LogP contribution is 2.15. The highest BCUT2D eigenvalue weighted by Gasteiger charge is 2.15. The summed E-state index contributed by atoms with van der Waals surface area (Å²) in [5.41, 5.74) is 1.36. The second-order valence-electron chi connectivity index (χ2n) is 4.85. The third-order valence-electron chi connectivity index (χ3n) is 3.16. The summed E-state index contributed by atoms with van der Waals surface area (Å²) < 4.78 is 10.1. The fourth-order valence-electron chi connectivity index (χ4n) is 1.97. The normalized spacial score (nSPS) is 11.7. The van der Waals surface area contributed by atoms with Crippen molar-refractivity contribution in [1.82, 2.24) is 15.3 Å². The number of nitrogens with zero attached hydrogens (tertiary/aromatic N) is 4. The van der Waals surface area contributed by atoms with Gasteiger partial charge in [-0.05, 0) is 24.7 Å². The number of hydrogen-bond acceptors (Lipinski definition) is 8. The molecule has 124 valence electrons. The van der Waals surface area contributed by atoms with Crippen molar-refractivity contribution in [3.8, 4) is 5.75 Å². The zero-order valence-electron chi connectivity index (χ0n) is 12.9. The summed E-state index contributed by atoms with van der Waals surface area (Å²) in [6.45, 7) is 2.14. The summed E-state index contributed by atoms with van der Waals surface area (Å²) in [6, 6.07) is 7.92. The Labute approximate surface area is 138 Å². The first kappa shape index (κ1) is 17.0. The molecule has 2 rings (SSSR count). The predicted octanol–water partition coefficient (Wildman–Crippen LogP) is 2.00. The highest BCUT2D eigenvalue weighted by atomic mass is 35.5. The van der Waals surface area contributed by atoms with Gasteiger partial charge in [-0.25, -0.2) is 0 Å². The average molecular weight is 340 g/mol. The lowest BCUT2D eigenvalue weighted by molar-refractivity contribution is 0.320. The van der Waals surface area contributed by atoms with E-state index in [0.717, 1.165) is 18.8 Å². The third-order valence-corrected chi connectivity index (χ3v) is 3.42. The number of benzene rings is 1. The van der Waals surface area contributed by atoms with Crippen LogP contribution in [0.15, 0.2) is 33.9 Å². The van der Waals surface area contributed by atoms with Crippen LogP contribution in [0.25, 0.3) is 0 Å². The Balaban J connectivity index is 1.80. The van der Waals surface area contributed by atoms with Crippen molar-refractivity contribution >= 4 is 22.7 Å². The SMILES string of the molecule is COc1ccc(CN(C)CCNc2onnc2C(Cl)=NO)cc1. The van der Waals surface area contributed by atoms with E-state index < -0.39 is 0 Å². The summed E-state index contributed by atoms with van der Waals surface area (Å²) in [5.74, 6) is 1.11. The molecule has 9 heteroatoms. The molecule has 1 aromatic carbocycles. The monoisotopic (exact) mass is 339 g/mol. The van der Waals surface area contributed by atoms with Gasteiger partial charge in [0, 0.05) is 24.9 Å². The molecule has 0 saturated carbocycles.